The Morgan fingerprint density at radius 3 is 1.44 bits per heavy atom. The topological polar surface area (TPSA) is 41.9 Å². The third-order valence-corrected chi connectivity index (χ3v) is 13.8. The first-order valence-electron chi connectivity index (χ1n) is 24.2. The lowest BCUT2D eigenvalue weighted by molar-refractivity contribution is 0.919. The predicted octanol–water partition coefficient (Wildman–Crippen LogP) is 17.3. The lowest BCUT2D eigenvalue weighted by atomic mass is 9.77. The molecule has 0 amide bonds. The Kier molecular flexibility index (Phi) is 11.7. The van der Waals surface area contributed by atoms with Crippen molar-refractivity contribution < 1.29 is 0 Å². The number of benzene rings is 10. The summed E-state index contributed by atoms with van der Waals surface area (Å²) in [5.74, 6) is 1.71. The SMILES string of the molecule is Cc1cc(C)c(C(c2ccc(N(c3nc(-c4ccccc4)nc(-c4ccc5ccccc5c4-c4ccccc4)n3)c3cc4ccccc4cc3-c3ccccc3)cc2)c2c(C)cc(C)cc2C)c(C)c1. The average molecular weight is 903 g/mol. The molecule has 0 aliphatic carbocycles. The zero-order valence-electron chi connectivity index (χ0n) is 40.6. The van der Waals surface area contributed by atoms with E-state index in [0.29, 0.717) is 17.6 Å². The molecule has 338 valence electrons. The van der Waals surface area contributed by atoms with Crippen molar-refractivity contribution in [2.24, 2.45) is 0 Å². The lowest BCUT2D eigenvalue weighted by Gasteiger charge is -2.29. The van der Waals surface area contributed by atoms with E-state index in [-0.39, 0.29) is 5.92 Å². The van der Waals surface area contributed by atoms with Crippen LogP contribution < -0.4 is 4.90 Å². The second-order valence-corrected chi connectivity index (χ2v) is 18.8. The fourth-order valence-corrected chi connectivity index (χ4v) is 10.9. The summed E-state index contributed by atoms with van der Waals surface area (Å²) in [4.78, 5) is 18.7. The van der Waals surface area contributed by atoms with E-state index in [2.05, 4.69) is 241 Å². The van der Waals surface area contributed by atoms with Gasteiger partial charge in [-0.1, -0.05) is 193 Å². The molecule has 1 heterocycles. The molecule has 0 aliphatic heterocycles. The minimum atomic E-state index is 0.0158. The van der Waals surface area contributed by atoms with Gasteiger partial charge in [0.2, 0.25) is 5.95 Å². The number of nitrogens with zero attached hydrogens (tertiary/aromatic N) is 4. The van der Waals surface area contributed by atoms with Crippen molar-refractivity contribution in [1.82, 2.24) is 15.0 Å². The highest BCUT2D eigenvalue weighted by molar-refractivity contribution is 6.04. The first kappa shape index (κ1) is 44.1. The van der Waals surface area contributed by atoms with Gasteiger partial charge in [0.05, 0.1) is 5.69 Å². The van der Waals surface area contributed by atoms with Crippen LogP contribution in [0.25, 0.3) is 66.6 Å². The Bertz CT molecular complexity index is 3610. The predicted molar refractivity (Wildman–Crippen MR) is 294 cm³/mol. The van der Waals surface area contributed by atoms with E-state index in [1.54, 1.807) is 0 Å². The van der Waals surface area contributed by atoms with Crippen LogP contribution in [0.3, 0.4) is 0 Å². The Morgan fingerprint density at radius 2 is 0.857 bits per heavy atom. The van der Waals surface area contributed by atoms with Gasteiger partial charge in [0.1, 0.15) is 0 Å². The minimum Gasteiger partial charge on any atom is -0.278 e. The fourth-order valence-electron chi connectivity index (χ4n) is 10.9. The lowest BCUT2D eigenvalue weighted by Crippen LogP contribution is -2.17. The van der Waals surface area contributed by atoms with Crippen LogP contribution in [0.2, 0.25) is 0 Å². The third-order valence-electron chi connectivity index (χ3n) is 13.8. The molecule has 0 unspecified atom stereocenters. The maximum atomic E-state index is 5.61. The van der Waals surface area contributed by atoms with Crippen molar-refractivity contribution in [3.05, 3.63) is 262 Å². The summed E-state index contributed by atoms with van der Waals surface area (Å²) in [7, 11) is 0. The molecule has 10 aromatic carbocycles. The van der Waals surface area contributed by atoms with E-state index >= 15 is 0 Å². The molecule has 4 nitrogen and oxygen atoms in total. The summed E-state index contributed by atoms with van der Waals surface area (Å²) in [6, 6.07) is 76.2. The highest BCUT2D eigenvalue weighted by Gasteiger charge is 2.28. The van der Waals surface area contributed by atoms with Gasteiger partial charge in [-0.3, -0.25) is 4.90 Å². The molecular weight excluding hydrogens is 849 g/mol. The summed E-state index contributed by atoms with van der Waals surface area (Å²) >= 11 is 0. The van der Waals surface area contributed by atoms with E-state index in [9.17, 15) is 0 Å². The van der Waals surface area contributed by atoms with Gasteiger partial charge >= 0.3 is 0 Å². The number of anilines is 3. The summed E-state index contributed by atoms with van der Waals surface area (Å²) in [5.41, 5.74) is 19.7. The maximum absolute atomic E-state index is 5.61. The molecule has 1 aromatic heterocycles. The van der Waals surface area contributed by atoms with Crippen molar-refractivity contribution >= 4 is 38.9 Å². The fraction of sp³-hybridized carbons (Fsp3) is 0.106. The van der Waals surface area contributed by atoms with Crippen LogP contribution in [0, 0.1) is 41.5 Å². The number of aromatic nitrogens is 3. The standard InChI is InChI=1S/C66H54N4/c1-42-36-44(3)60(45(4)37-42)63(61-46(5)38-43(2)39-47(61)6)51-30-33-55(34-31-51)70(59-41-54-28-17-16-27-53(54)40-58(59)48-20-10-7-11-21-48)66-68-64(52-25-14-9-15-26-52)67-65(69-66)57-35-32-49-22-18-19-29-56(49)62(57)50-23-12-8-13-24-50/h7-41,63H,1-6H3. The molecule has 0 saturated carbocycles. The van der Waals surface area contributed by atoms with Crippen molar-refractivity contribution in [3.63, 3.8) is 0 Å². The third kappa shape index (κ3) is 8.32. The maximum Gasteiger partial charge on any atom is 0.238 e. The van der Waals surface area contributed by atoms with Gasteiger partial charge in [0.25, 0.3) is 0 Å². The first-order valence-corrected chi connectivity index (χ1v) is 24.2. The number of aryl methyl sites for hydroxylation is 6. The molecule has 11 aromatic rings. The van der Waals surface area contributed by atoms with Gasteiger partial charge in [-0.2, -0.15) is 9.97 Å². The molecule has 0 saturated heterocycles. The molecule has 0 aliphatic rings. The van der Waals surface area contributed by atoms with Gasteiger partial charge < -0.3 is 0 Å². The molecule has 70 heavy (non-hydrogen) atoms. The molecule has 0 radical (unpaired) electrons. The second kappa shape index (κ2) is 18.6. The summed E-state index contributed by atoms with van der Waals surface area (Å²) in [6.07, 6.45) is 0. The average Bonchev–Trinajstić information content (AvgIpc) is 3.38. The molecule has 0 atom stereocenters. The highest BCUT2D eigenvalue weighted by Crippen LogP contribution is 2.46. The zero-order valence-corrected chi connectivity index (χ0v) is 40.6. The molecule has 11 rings (SSSR count). The summed E-state index contributed by atoms with van der Waals surface area (Å²) in [6.45, 7) is 13.5. The number of hydrogen-bond acceptors (Lipinski definition) is 4. The molecular formula is C66H54N4. The quantitative estimate of drug-likeness (QED) is 0.128. The number of rotatable bonds is 10. The monoisotopic (exact) mass is 902 g/mol. The van der Waals surface area contributed by atoms with Crippen molar-refractivity contribution in [2.75, 3.05) is 4.90 Å². The number of fused-ring (bicyclic) bond motifs is 2. The van der Waals surface area contributed by atoms with Crippen LogP contribution in [0.4, 0.5) is 17.3 Å². The summed E-state index contributed by atoms with van der Waals surface area (Å²) < 4.78 is 0. The Hall–Kier alpha value is -8.47. The Labute approximate surface area is 411 Å². The van der Waals surface area contributed by atoms with Crippen LogP contribution >= 0.6 is 0 Å². The van der Waals surface area contributed by atoms with E-state index in [0.717, 1.165) is 66.3 Å². The van der Waals surface area contributed by atoms with Gasteiger partial charge in [0.15, 0.2) is 11.6 Å². The molecule has 0 spiro atoms. The van der Waals surface area contributed by atoms with Crippen LogP contribution in [-0.2, 0) is 0 Å². The number of hydrogen-bond donors (Lipinski definition) is 0. The van der Waals surface area contributed by atoms with Crippen molar-refractivity contribution in [1.29, 1.82) is 0 Å². The van der Waals surface area contributed by atoms with Gasteiger partial charge in [-0.05, 0) is 143 Å². The van der Waals surface area contributed by atoms with E-state index in [1.165, 1.54) is 50.1 Å². The molecule has 4 heteroatoms. The van der Waals surface area contributed by atoms with Gasteiger partial charge in [-0.15, -0.1) is 0 Å². The van der Waals surface area contributed by atoms with E-state index in [1.807, 2.05) is 18.2 Å². The Morgan fingerprint density at radius 1 is 0.371 bits per heavy atom. The largest absolute Gasteiger partial charge is 0.278 e. The molecule has 0 N–H and O–H groups in total. The van der Waals surface area contributed by atoms with Crippen LogP contribution in [0.1, 0.15) is 56.0 Å². The Balaban J connectivity index is 1.20. The minimum absolute atomic E-state index is 0.0158. The second-order valence-electron chi connectivity index (χ2n) is 18.8. The van der Waals surface area contributed by atoms with Crippen molar-refractivity contribution in [2.45, 2.75) is 47.5 Å². The zero-order chi connectivity index (χ0) is 47.9. The van der Waals surface area contributed by atoms with Crippen LogP contribution in [0.15, 0.2) is 212 Å². The summed E-state index contributed by atoms with van der Waals surface area (Å²) in [5, 5.41) is 4.56. The van der Waals surface area contributed by atoms with Crippen molar-refractivity contribution in [3.8, 4) is 45.0 Å². The smallest absolute Gasteiger partial charge is 0.238 e. The normalized spacial score (nSPS) is 11.4. The first-order chi connectivity index (χ1) is 34.2. The van der Waals surface area contributed by atoms with Gasteiger partial charge in [0, 0.05) is 33.9 Å². The highest BCUT2D eigenvalue weighted by atomic mass is 15.3. The van der Waals surface area contributed by atoms with E-state index in [4.69, 9.17) is 15.0 Å². The molecule has 0 fully saturated rings. The van der Waals surface area contributed by atoms with Crippen LogP contribution in [-0.4, -0.2) is 15.0 Å². The van der Waals surface area contributed by atoms with E-state index < -0.39 is 0 Å². The van der Waals surface area contributed by atoms with Gasteiger partial charge in [-0.25, -0.2) is 4.98 Å². The van der Waals surface area contributed by atoms with Crippen LogP contribution in [0.5, 0.6) is 0 Å². The molecule has 0 bridgehead atoms.